The van der Waals surface area contributed by atoms with Gasteiger partial charge in [0.15, 0.2) is 0 Å². The molecule has 0 spiro atoms. The fourth-order valence-electron chi connectivity index (χ4n) is 3.84. The average molecular weight is 439 g/mol. The van der Waals surface area contributed by atoms with Crippen molar-refractivity contribution in [1.82, 2.24) is 0 Å². The quantitative estimate of drug-likeness (QED) is 0.614. The van der Waals surface area contributed by atoms with Crippen LogP contribution < -0.4 is 5.32 Å². The topological polar surface area (TPSA) is 101 Å². The summed E-state index contributed by atoms with van der Waals surface area (Å²) in [4.78, 5) is 4.95. The van der Waals surface area contributed by atoms with E-state index in [2.05, 4.69) is 17.5 Å². The summed E-state index contributed by atoms with van der Waals surface area (Å²) in [5.74, 6) is 1.17. The molecule has 1 saturated carbocycles. The van der Waals surface area contributed by atoms with E-state index < -0.39 is 0 Å². The van der Waals surface area contributed by atoms with Crippen molar-refractivity contribution >= 4 is 11.4 Å². The predicted octanol–water partition coefficient (Wildman–Crippen LogP) is 4.83. The van der Waals surface area contributed by atoms with Gasteiger partial charge in [-0.3, -0.25) is 4.99 Å². The number of nitrogens with zero attached hydrogens (tertiary/aromatic N) is 3. The maximum Gasteiger partial charge on any atom is 0.122 e. The Hall–Kier alpha value is -3.87. The van der Waals surface area contributed by atoms with Gasteiger partial charge in [-0.2, -0.15) is 10.5 Å². The van der Waals surface area contributed by atoms with Crippen LogP contribution in [-0.2, 0) is 11.3 Å². The lowest BCUT2D eigenvalue weighted by molar-refractivity contribution is 0.186. The lowest BCUT2D eigenvalue weighted by Gasteiger charge is -2.16. The third-order valence-electron chi connectivity index (χ3n) is 5.94. The Labute approximate surface area is 194 Å². The van der Waals surface area contributed by atoms with Crippen LogP contribution in [0.15, 0.2) is 76.1 Å². The van der Waals surface area contributed by atoms with Crippen LogP contribution in [-0.4, -0.2) is 24.0 Å². The molecule has 0 unspecified atom stereocenters. The summed E-state index contributed by atoms with van der Waals surface area (Å²) < 4.78 is 6.15. The van der Waals surface area contributed by atoms with Crippen LogP contribution in [0.25, 0.3) is 0 Å². The number of allylic oxidation sites excluding steroid dienone is 2. The van der Waals surface area contributed by atoms with E-state index in [1.165, 1.54) is 0 Å². The normalized spacial score (nSPS) is 15.9. The third kappa shape index (κ3) is 5.49. The van der Waals surface area contributed by atoms with E-state index in [0.29, 0.717) is 36.6 Å². The predicted molar refractivity (Wildman–Crippen MR) is 127 cm³/mol. The number of nitrogens with one attached hydrogen (secondary N) is 1. The molecule has 1 aliphatic heterocycles. The van der Waals surface area contributed by atoms with Gasteiger partial charge >= 0.3 is 0 Å². The largest absolute Gasteiger partial charge is 0.491 e. The van der Waals surface area contributed by atoms with Crippen molar-refractivity contribution in [2.45, 2.75) is 32.8 Å². The number of hydrogen-bond donors (Lipinski definition) is 2. The zero-order valence-electron chi connectivity index (χ0n) is 18.6. The monoisotopic (exact) mass is 438 g/mol. The van der Waals surface area contributed by atoms with Crippen molar-refractivity contribution in [3.05, 3.63) is 87.8 Å². The maximum atomic E-state index is 10.2. The summed E-state index contributed by atoms with van der Waals surface area (Å²) in [6.45, 7) is 2.83. The van der Waals surface area contributed by atoms with Gasteiger partial charge in [-0.15, -0.1) is 0 Å². The molecule has 2 aromatic carbocycles. The molecule has 6 heteroatoms. The summed E-state index contributed by atoms with van der Waals surface area (Å²) in [6, 6.07) is 18.9. The molecule has 4 rings (SSSR count). The molecular formula is C27H26N4O2. The van der Waals surface area contributed by atoms with Crippen molar-refractivity contribution in [3.63, 3.8) is 0 Å². The number of ether oxygens (including phenoxy) is 1. The molecule has 1 aliphatic carbocycles. The second kappa shape index (κ2) is 10.2. The maximum absolute atomic E-state index is 10.2. The number of benzene rings is 2. The summed E-state index contributed by atoms with van der Waals surface area (Å²) in [7, 11) is 0. The minimum absolute atomic E-state index is 0.0624. The smallest absolute Gasteiger partial charge is 0.122 e. The van der Waals surface area contributed by atoms with Gasteiger partial charge in [0.2, 0.25) is 0 Å². The van der Waals surface area contributed by atoms with E-state index in [-0.39, 0.29) is 6.61 Å². The molecule has 2 aliphatic rings. The fourth-order valence-corrected chi connectivity index (χ4v) is 3.84. The highest BCUT2D eigenvalue weighted by Crippen LogP contribution is 2.38. The van der Waals surface area contributed by atoms with E-state index in [4.69, 9.17) is 20.3 Å². The SMILES string of the molecule is CC1=C(OCc2ccc(C#N)cc2)CC(CO)=C(CNc2ccc(C#N)cc2)C(C2CC2)=N1. The van der Waals surface area contributed by atoms with Crippen molar-refractivity contribution < 1.29 is 9.84 Å². The molecule has 0 radical (unpaired) electrons. The van der Waals surface area contributed by atoms with Crippen LogP contribution in [0.2, 0.25) is 0 Å². The standard InChI is InChI=1S/C27H26N4O2/c1-18-26(33-17-21-4-2-19(13-28)3-5-21)12-23(16-32)25(27(31-18)22-8-9-22)15-30-24-10-6-20(14-29)7-11-24/h2-7,10-11,22,30,32H,8-9,12,15-17H2,1H3. The molecule has 6 nitrogen and oxygen atoms in total. The van der Waals surface area contributed by atoms with Gasteiger partial charge in [-0.1, -0.05) is 12.1 Å². The van der Waals surface area contributed by atoms with Crippen molar-refractivity contribution in [1.29, 1.82) is 10.5 Å². The second-order valence-corrected chi connectivity index (χ2v) is 8.34. The van der Waals surface area contributed by atoms with Gasteiger partial charge < -0.3 is 15.2 Å². The van der Waals surface area contributed by atoms with E-state index >= 15 is 0 Å². The molecule has 166 valence electrons. The van der Waals surface area contributed by atoms with Gasteiger partial charge in [0.1, 0.15) is 12.4 Å². The first-order valence-electron chi connectivity index (χ1n) is 11.1. The average Bonchev–Trinajstić information content (AvgIpc) is 3.70. The molecule has 2 N–H and O–H groups in total. The molecule has 33 heavy (non-hydrogen) atoms. The lowest BCUT2D eigenvalue weighted by atomic mass is 9.98. The molecular weight excluding hydrogens is 412 g/mol. The van der Waals surface area contributed by atoms with Crippen LogP contribution in [0.4, 0.5) is 5.69 Å². The highest BCUT2D eigenvalue weighted by atomic mass is 16.5. The van der Waals surface area contributed by atoms with Crippen LogP contribution in [0.3, 0.4) is 0 Å². The number of aliphatic hydroxyl groups is 1. The highest BCUT2D eigenvalue weighted by molar-refractivity contribution is 6.05. The molecule has 1 fully saturated rings. The Morgan fingerprint density at radius 3 is 2.24 bits per heavy atom. The molecule has 0 atom stereocenters. The van der Waals surface area contributed by atoms with Crippen molar-refractivity contribution in [2.24, 2.45) is 10.9 Å². The molecule has 0 bridgehead atoms. The lowest BCUT2D eigenvalue weighted by Crippen LogP contribution is -2.18. The minimum Gasteiger partial charge on any atom is -0.491 e. The first-order valence-corrected chi connectivity index (χ1v) is 11.1. The van der Waals surface area contributed by atoms with Gasteiger partial charge in [-0.05, 0) is 72.9 Å². The van der Waals surface area contributed by atoms with Crippen LogP contribution >= 0.6 is 0 Å². The van der Waals surface area contributed by atoms with E-state index in [1.807, 2.05) is 31.2 Å². The van der Waals surface area contributed by atoms with Gasteiger partial charge in [-0.25, -0.2) is 0 Å². The summed E-state index contributed by atoms with van der Waals surface area (Å²) >= 11 is 0. The zero-order valence-corrected chi connectivity index (χ0v) is 18.6. The van der Waals surface area contributed by atoms with Crippen LogP contribution in [0.5, 0.6) is 0 Å². The number of anilines is 1. The third-order valence-corrected chi connectivity index (χ3v) is 5.94. The number of aliphatic hydroxyl groups excluding tert-OH is 1. The van der Waals surface area contributed by atoms with Gasteiger partial charge in [0, 0.05) is 30.3 Å². The Kier molecular flexibility index (Phi) is 6.88. The number of hydrogen-bond acceptors (Lipinski definition) is 6. The summed E-state index contributed by atoms with van der Waals surface area (Å²) in [5, 5.41) is 31.6. The Morgan fingerprint density at radius 1 is 1.03 bits per heavy atom. The van der Waals surface area contributed by atoms with E-state index in [9.17, 15) is 5.11 Å². The highest BCUT2D eigenvalue weighted by Gasteiger charge is 2.33. The van der Waals surface area contributed by atoms with E-state index in [1.54, 1.807) is 24.3 Å². The molecule has 2 aromatic rings. The fraction of sp³-hybridized carbons (Fsp3) is 0.296. The van der Waals surface area contributed by atoms with Crippen molar-refractivity contribution in [2.75, 3.05) is 18.5 Å². The van der Waals surface area contributed by atoms with Gasteiger partial charge in [0.05, 0.1) is 35.6 Å². The Morgan fingerprint density at radius 2 is 1.67 bits per heavy atom. The molecule has 0 aromatic heterocycles. The molecule has 1 heterocycles. The summed E-state index contributed by atoms with van der Waals surface area (Å²) in [5.41, 5.74) is 6.96. The van der Waals surface area contributed by atoms with Crippen molar-refractivity contribution in [3.8, 4) is 12.1 Å². The first-order chi connectivity index (χ1) is 16.1. The first kappa shape index (κ1) is 22.3. The Balaban J connectivity index is 1.53. The molecule has 0 amide bonds. The van der Waals surface area contributed by atoms with Crippen LogP contribution in [0.1, 0.15) is 42.9 Å². The van der Waals surface area contributed by atoms with Crippen LogP contribution in [0, 0.1) is 28.6 Å². The number of rotatable bonds is 8. The minimum atomic E-state index is -0.0624. The van der Waals surface area contributed by atoms with E-state index in [0.717, 1.165) is 52.4 Å². The molecule has 0 saturated heterocycles. The number of nitriles is 2. The van der Waals surface area contributed by atoms with Gasteiger partial charge in [0.25, 0.3) is 0 Å². The summed E-state index contributed by atoms with van der Waals surface area (Å²) in [6.07, 6.45) is 2.71. The zero-order chi connectivity index (χ0) is 23.2. The Bertz CT molecular complexity index is 1190. The second-order valence-electron chi connectivity index (χ2n) is 8.34. The number of aliphatic imine (C=N–C) groups is 1.